The third kappa shape index (κ3) is 45.7. The molecule has 0 heterocycles. The average molecular weight is 867 g/mol. The van der Waals surface area contributed by atoms with Gasteiger partial charge in [0.15, 0.2) is 0 Å². The van der Waals surface area contributed by atoms with Gasteiger partial charge in [-0.3, -0.25) is 13.8 Å². The smallest absolute Gasteiger partial charge is 0.457 e. The van der Waals surface area contributed by atoms with Crippen LogP contribution in [0, 0.1) is 0 Å². The summed E-state index contributed by atoms with van der Waals surface area (Å²) in [5.41, 5.74) is 0. The van der Waals surface area contributed by atoms with Crippen LogP contribution in [-0.4, -0.2) is 66.3 Å². The first kappa shape index (κ1) is 58.2. The third-order valence-corrected chi connectivity index (χ3v) is 11.1. The van der Waals surface area contributed by atoms with E-state index in [4.69, 9.17) is 23.6 Å². The van der Waals surface area contributed by atoms with E-state index < -0.39 is 33.2 Å². The Balaban J connectivity index is 4.14. The maximum atomic E-state index is 12.7. The number of aliphatic hydroxyl groups excluding tert-OH is 2. The minimum atomic E-state index is -4.53. The molecule has 350 valence electrons. The zero-order valence-electron chi connectivity index (χ0n) is 38.4. The van der Waals surface area contributed by atoms with Crippen molar-refractivity contribution in [3.05, 3.63) is 60.8 Å². The highest BCUT2D eigenvalue weighted by molar-refractivity contribution is 7.47. The molecule has 60 heavy (non-hydrogen) atoms. The Bertz CT molecular complexity index is 1120. The molecular weight excluding hydrogens is 776 g/mol. The van der Waals surface area contributed by atoms with E-state index in [1.807, 2.05) is 0 Å². The minimum Gasteiger partial charge on any atom is -0.457 e. The van der Waals surface area contributed by atoms with E-state index in [0.29, 0.717) is 6.61 Å². The molecule has 0 aromatic carbocycles. The Morgan fingerprint density at radius 3 is 1.45 bits per heavy atom. The fourth-order valence-corrected chi connectivity index (χ4v) is 7.31. The molecule has 0 radical (unpaired) electrons. The molecule has 0 amide bonds. The van der Waals surface area contributed by atoms with Crippen molar-refractivity contribution < 1.29 is 43.0 Å². The number of unbranched alkanes of at least 4 members (excludes halogenated alkanes) is 22. The summed E-state index contributed by atoms with van der Waals surface area (Å²) in [6.07, 6.45) is 54.6. The maximum Gasteiger partial charge on any atom is 0.472 e. The molecule has 10 heteroatoms. The summed E-state index contributed by atoms with van der Waals surface area (Å²) in [7, 11) is -4.53. The number of ether oxygens (including phenoxy) is 2. The van der Waals surface area contributed by atoms with Crippen molar-refractivity contribution in [2.75, 3.05) is 33.0 Å². The standard InChI is InChI=1S/C50H91O9P/c1-3-5-7-9-11-13-15-17-19-21-23-25-27-29-31-33-35-37-39-41-43-56-46-49(47-58-60(54,55)57-45-48(52)44-51)59-50(53)42-40-38-36-34-32-30-28-26-24-22-20-18-16-14-12-10-8-6-4-2/h5,7,11,13,17-20,23,25,48-49,51-52H,3-4,6,8-10,12,14-16,21-22,24,26-47H2,1-2H3,(H,54,55)/b7-5-,13-11-,19-17-,20-18-,25-23-. The Labute approximate surface area is 368 Å². The SMILES string of the molecule is CC/C=C\C/C=C\C/C=C\C/C=C\CCCCCCCCCOCC(COP(=O)(O)OCC(O)CO)OC(=O)CCCCCCCCCCC/C=C\CCCCCCCC. The zero-order valence-corrected chi connectivity index (χ0v) is 39.3. The Morgan fingerprint density at radius 1 is 0.533 bits per heavy atom. The second-order valence-corrected chi connectivity index (χ2v) is 17.5. The number of carbonyl (C=O) groups excluding carboxylic acids is 1. The molecule has 0 fully saturated rings. The molecule has 0 saturated carbocycles. The molecular formula is C50H91O9P. The Hall–Kier alpha value is -1.84. The van der Waals surface area contributed by atoms with E-state index in [9.17, 15) is 19.4 Å². The number of phosphoric acid groups is 1. The van der Waals surface area contributed by atoms with E-state index in [2.05, 4.69) is 74.6 Å². The van der Waals surface area contributed by atoms with Gasteiger partial charge < -0.3 is 24.6 Å². The Morgan fingerprint density at radius 2 is 0.950 bits per heavy atom. The first-order valence-electron chi connectivity index (χ1n) is 24.3. The lowest BCUT2D eigenvalue weighted by Gasteiger charge is -2.20. The monoisotopic (exact) mass is 867 g/mol. The predicted molar refractivity (Wildman–Crippen MR) is 251 cm³/mol. The number of phosphoric ester groups is 1. The van der Waals surface area contributed by atoms with Gasteiger partial charge >= 0.3 is 13.8 Å². The lowest BCUT2D eigenvalue weighted by molar-refractivity contribution is -0.154. The molecule has 0 aliphatic heterocycles. The molecule has 3 atom stereocenters. The average Bonchev–Trinajstić information content (AvgIpc) is 3.24. The van der Waals surface area contributed by atoms with E-state index in [1.54, 1.807) is 0 Å². The summed E-state index contributed by atoms with van der Waals surface area (Å²) in [6.45, 7) is 3.39. The van der Waals surface area contributed by atoms with Crippen LogP contribution < -0.4 is 0 Å². The first-order chi connectivity index (χ1) is 29.3. The number of rotatable bonds is 46. The second kappa shape index (κ2) is 46.7. The van der Waals surface area contributed by atoms with Crippen LogP contribution in [0.3, 0.4) is 0 Å². The summed E-state index contributed by atoms with van der Waals surface area (Å²) in [6, 6.07) is 0. The minimum absolute atomic E-state index is 0.0395. The molecule has 0 rings (SSSR count). The van der Waals surface area contributed by atoms with Crippen molar-refractivity contribution in [2.24, 2.45) is 0 Å². The van der Waals surface area contributed by atoms with Gasteiger partial charge in [0.2, 0.25) is 0 Å². The van der Waals surface area contributed by atoms with Crippen LogP contribution >= 0.6 is 7.82 Å². The van der Waals surface area contributed by atoms with Crippen LogP contribution in [0.15, 0.2) is 60.8 Å². The zero-order chi connectivity index (χ0) is 43.9. The molecule has 0 aliphatic carbocycles. The van der Waals surface area contributed by atoms with Gasteiger partial charge in [-0.15, -0.1) is 0 Å². The fourth-order valence-electron chi connectivity index (χ4n) is 6.52. The van der Waals surface area contributed by atoms with Crippen LogP contribution in [0.25, 0.3) is 0 Å². The molecule has 0 spiro atoms. The van der Waals surface area contributed by atoms with E-state index >= 15 is 0 Å². The number of hydrogen-bond donors (Lipinski definition) is 3. The lowest BCUT2D eigenvalue weighted by Crippen LogP contribution is -2.29. The lowest BCUT2D eigenvalue weighted by atomic mass is 10.1. The number of carbonyl (C=O) groups is 1. The molecule has 0 saturated heterocycles. The molecule has 0 aromatic rings. The second-order valence-electron chi connectivity index (χ2n) is 16.1. The molecule has 0 bridgehead atoms. The summed E-state index contributed by atoms with van der Waals surface area (Å²) < 4.78 is 33.5. The third-order valence-electron chi connectivity index (χ3n) is 10.2. The summed E-state index contributed by atoms with van der Waals surface area (Å²) in [5, 5.41) is 18.4. The van der Waals surface area contributed by atoms with Crippen LogP contribution in [0.2, 0.25) is 0 Å². The van der Waals surface area contributed by atoms with E-state index in [1.165, 1.54) is 116 Å². The van der Waals surface area contributed by atoms with Gasteiger partial charge in [0.05, 0.1) is 26.4 Å². The van der Waals surface area contributed by atoms with Crippen molar-refractivity contribution in [3.63, 3.8) is 0 Å². The van der Waals surface area contributed by atoms with Crippen LogP contribution in [0.5, 0.6) is 0 Å². The molecule has 0 aromatic heterocycles. The van der Waals surface area contributed by atoms with Gasteiger partial charge in [-0.25, -0.2) is 4.57 Å². The summed E-state index contributed by atoms with van der Waals surface area (Å²) >= 11 is 0. The van der Waals surface area contributed by atoms with Crippen LogP contribution in [0.1, 0.15) is 206 Å². The highest BCUT2D eigenvalue weighted by atomic mass is 31.2. The number of allylic oxidation sites excluding steroid dienone is 10. The van der Waals surface area contributed by atoms with Crippen molar-refractivity contribution in [1.82, 2.24) is 0 Å². The molecule has 9 nitrogen and oxygen atoms in total. The summed E-state index contributed by atoms with van der Waals surface area (Å²) in [5.74, 6) is -0.389. The van der Waals surface area contributed by atoms with E-state index in [0.717, 1.165) is 70.6 Å². The van der Waals surface area contributed by atoms with Crippen molar-refractivity contribution >= 4 is 13.8 Å². The van der Waals surface area contributed by atoms with Gasteiger partial charge in [0, 0.05) is 13.0 Å². The number of aliphatic hydroxyl groups is 2. The van der Waals surface area contributed by atoms with Gasteiger partial charge in [-0.2, -0.15) is 0 Å². The predicted octanol–water partition coefficient (Wildman–Crippen LogP) is 13.9. The molecule has 3 N–H and O–H groups in total. The first-order valence-corrected chi connectivity index (χ1v) is 25.8. The van der Waals surface area contributed by atoms with E-state index in [-0.39, 0.29) is 25.6 Å². The van der Waals surface area contributed by atoms with Crippen molar-refractivity contribution in [2.45, 2.75) is 219 Å². The van der Waals surface area contributed by atoms with Gasteiger partial charge in [-0.05, 0) is 77.0 Å². The van der Waals surface area contributed by atoms with Crippen molar-refractivity contribution in [1.29, 1.82) is 0 Å². The molecule has 0 aliphatic rings. The van der Waals surface area contributed by atoms with Crippen LogP contribution in [-0.2, 0) is 27.9 Å². The topological polar surface area (TPSA) is 132 Å². The van der Waals surface area contributed by atoms with Gasteiger partial charge in [0.1, 0.15) is 12.2 Å². The maximum absolute atomic E-state index is 12.7. The normalized spacial score (nSPS) is 14.4. The largest absolute Gasteiger partial charge is 0.472 e. The number of hydrogen-bond acceptors (Lipinski definition) is 8. The fraction of sp³-hybridized carbons (Fsp3) is 0.780. The molecule has 3 unspecified atom stereocenters. The highest BCUT2D eigenvalue weighted by Crippen LogP contribution is 2.43. The Kier molecular flexibility index (Phi) is 45.2. The van der Waals surface area contributed by atoms with Crippen molar-refractivity contribution in [3.8, 4) is 0 Å². The quantitative estimate of drug-likeness (QED) is 0.0237. The van der Waals surface area contributed by atoms with Gasteiger partial charge in [-0.1, -0.05) is 184 Å². The van der Waals surface area contributed by atoms with Crippen LogP contribution in [0.4, 0.5) is 0 Å². The van der Waals surface area contributed by atoms with Gasteiger partial charge in [0.25, 0.3) is 0 Å². The number of esters is 1. The highest BCUT2D eigenvalue weighted by Gasteiger charge is 2.26. The summed E-state index contributed by atoms with van der Waals surface area (Å²) in [4.78, 5) is 22.7.